The number of hydrogen-bond acceptors (Lipinski definition) is 3. The van der Waals surface area contributed by atoms with Gasteiger partial charge in [-0.05, 0) is 19.9 Å². The molecule has 1 aliphatic rings. The SMILES string of the molecule is CCOc1ccccc1C(C)N1CC(CO)CC1=O. The van der Waals surface area contributed by atoms with Crippen molar-refractivity contribution in [2.45, 2.75) is 26.3 Å². The predicted molar refractivity (Wildman–Crippen MR) is 72.9 cm³/mol. The first-order chi connectivity index (χ1) is 9.17. The van der Waals surface area contributed by atoms with E-state index in [1.807, 2.05) is 43.0 Å². The Labute approximate surface area is 114 Å². The van der Waals surface area contributed by atoms with E-state index in [0.29, 0.717) is 19.6 Å². The van der Waals surface area contributed by atoms with Gasteiger partial charge in [0.1, 0.15) is 5.75 Å². The van der Waals surface area contributed by atoms with Crippen molar-refractivity contribution in [2.75, 3.05) is 19.8 Å². The lowest BCUT2D eigenvalue weighted by molar-refractivity contribution is -0.129. The summed E-state index contributed by atoms with van der Waals surface area (Å²) in [6, 6.07) is 7.79. The van der Waals surface area contributed by atoms with Crippen LogP contribution >= 0.6 is 0 Å². The van der Waals surface area contributed by atoms with Crippen LogP contribution < -0.4 is 4.74 Å². The van der Waals surface area contributed by atoms with E-state index >= 15 is 0 Å². The molecule has 2 unspecified atom stereocenters. The van der Waals surface area contributed by atoms with Crippen molar-refractivity contribution in [2.24, 2.45) is 5.92 Å². The zero-order valence-corrected chi connectivity index (χ0v) is 11.5. The number of hydrogen-bond donors (Lipinski definition) is 1. The van der Waals surface area contributed by atoms with Crippen molar-refractivity contribution in [3.8, 4) is 5.75 Å². The fourth-order valence-corrected chi connectivity index (χ4v) is 2.59. The van der Waals surface area contributed by atoms with E-state index < -0.39 is 0 Å². The maximum Gasteiger partial charge on any atom is 0.223 e. The molecule has 0 bridgehead atoms. The van der Waals surface area contributed by atoms with Crippen molar-refractivity contribution in [3.63, 3.8) is 0 Å². The number of rotatable bonds is 5. The van der Waals surface area contributed by atoms with Crippen LogP contribution in [0, 0.1) is 5.92 Å². The fraction of sp³-hybridized carbons (Fsp3) is 0.533. The van der Waals surface area contributed by atoms with E-state index in [-0.39, 0.29) is 24.5 Å². The van der Waals surface area contributed by atoms with Crippen molar-refractivity contribution < 1.29 is 14.6 Å². The Morgan fingerprint density at radius 3 is 2.84 bits per heavy atom. The van der Waals surface area contributed by atoms with Gasteiger partial charge in [-0.3, -0.25) is 4.79 Å². The lowest BCUT2D eigenvalue weighted by Crippen LogP contribution is -2.29. The van der Waals surface area contributed by atoms with Gasteiger partial charge in [-0.25, -0.2) is 0 Å². The number of amides is 1. The minimum Gasteiger partial charge on any atom is -0.494 e. The molecule has 1 aromatic carbocycles. The van der Waals surface area contributed by atoms with Gasteiger partial charge < -0.3 is 14.7 Å². The third-order valence-corrected chi connectivity index (χ3v) is 3.63. The molecule has 1 amide bonds. The van der Waals surface area contributed by atoms with E-state index in [2.05, 4.69) is 0 Å². The lowest BCUT2D eigenvalue weighted by atomic mass is 10.1. The topological polar surface area (TPSA) is 49.8 Å². The van der Waals surface area contributed by atoms with E-state index in [1.54, 1.807) is 0 Å². The van der Waals surface area contributed by atoms with Crippen molar-refractivity contribution in [1.29, 1.82) is 0 Å². The number of para-hydroxylation sites is 1. The highest BCUT2D eigenvalue weighted by atomic mass is 16.5. The molecule has 1 saturated heterocycles. The maximum atomic E-state index is 12.0. The molecule has 1 N–H and O–H groups in total. The van der Waals surface area contributed by atoms with Crippen LogP contribution in [-0.4, -0.2) is 35.7 Å². The molecule has 0 saturated carbocycles. The molecule has 1 fully saturated rings. The number of aliphatic hydroxyl groups is 1. The van der Waals surface area contributed by atoms with Gasteiger partial charge in [-0.2, -0.15) is 0 Å². The normalized spacial score (nSPS) is 20.7. The Hall–Kier alpha value is -1.55. The van der Waals surface area contributed by atoms with Gasteiger partial charge in [-0.1, -0.05) is 18.2 Å². The zero-order chi connectivity index (χ0) is 13.8. The van der Waals surface area contributed by atoms with Crippen LogP contribution in [-0.2, 0) is 4.79 Å². The Bertz CT molecular complexity index is 447. The summed E-state index contributed by atoms with van der Waals surface area (Å²) in [7, 11) is 0. The molecule has 2 atom stereocenters. The van der Waals surface area contributed by atoms with Crippen LogP contribution in [0.3, 0.4) is 0 Å². The van der Waals surface area contributed by atoms with Crippen molar-refractivity contribution >= 4 is 5.91 Å². The molecule has 1 aliphatic heterocycles. The first kappa shape index (κ1) is 13.9. The molecule has 0 spiro atoms. The van der Waals surface area contributed by atoms with Crippen molar-refractivity contribution in [1.82, 2.24) is 4.90 Å². The van der Waals surface area contributed by atoms with Gasteiger partial charge in [0.05, 0.1) is 12.6 Å². The molecule has 1 heterocycles. The summed E-state index contributed by atoms with van der Waals surface area (Å²) < 4.78 is 5.62. The van der Waals surface area contributed by atoms with Gasteiger partial charge in [0.25, 0.3) is 0 Å². The summed E-state index contributed by atoms with van der Waals surface area (Å²) in [5.41, 5.74) is 1.02. The Morgan fingerprint density at radius 2 is 2.21 bits per heavy atom. The highest BCUT2D eigenvalue weighted by Gasteiger charge is 2.33. The minimum atomic E-state index is -0.0215. The monoisotopic (exact) mass is 263 g/mol. The number of carbonyl (C=O) groups excluding carboxylic acids is 1. The van der Waals surface area contributed by atoms with Crippen LogP contribution in [0.1, 0.15) is 31.9 Å². The van der Waals surface area contributed by atoms with Gasteiger partial charge in [-0.15, -0.1) is 0 Å². The van der Waals surface area contributed by atoms with Crippen LogP contribution in [0.15, 0.2) is 24.3 Å². The first-order valence-corrected chi connectivity index (χ1v) is 6.79. The number of ether oxygens (including phenoxy) is 1. The predicted octanol–water partition coefficient (Wildman–Crippen LogP) is 1.99. The average Bonchev–Trinajstić information content (AvgIpc) is 2.80. The molecule has 104 valence electrons. The fourth-order valence-electron chi connectivity index (χ4n) is 2.59. The molecule has 2 rings (SSSR count). The third-order valence-electron chi connectivity index (χ3n) is 3.63. The number of aliphatic hydroxyl groups excluding tert-OH is 1. The second kappa shape index (κ2) is 6.06. The van der Waals surface area contributed by atoms with E-state index in [9.17, 15) is 9.90 Å². The van der Waals surface area contributed by atoms with Crippen LogP contribution in [0.25, 0.3) is 0 Å². The van der Waals surface area contributed by atoms with E-state index in [4.69, 9.17) is 4.74 Å². The van der Waals surface area contributed by atoms with Crippen LogP contribution in [0.2, 0.25) is 0 Å². The number of benzene rings is 1. The zero-order valence-electron chi connectivity index (χ0n) is 11.5. The summed E-state index contributed by atoms with van der Waals surface area (Å²) in [6.07, 6.45) is 0.442. The summed E-state index contributed by atoms with van der Waals surface area (Å²) >= 11 is 0. The summed E-state index contributed by atoms with van der Waals surface area (Å²) in [5.74, 6) is 1.00. The lowest BCUT2D eigenvalue weighted by Gasteiger charge is -2.26. The summed E-state index contributed by atoms with van der Waals surface area (Å²) in [6.45, 7) is 5.26. The molecular formula is C15H21NO3. The second-order valence-electron chi connectivity index (χ2n) is 4.95. The molecule has 4 heteroatoms. The number of likely N-dealkylation sites (tertiary alicyclic amines) is 1. The smallest absolute Gasteiger partial charge is 0.223 e. The minimum absolute atomic E-state index is 0.0215. The molecule has 1 aromatic rings. The third kappa shape index (κ3) is 2.89. The van der Waals surface area contributed by atoms with Gasteiger partial charge >= 0.3 is 0 Å². The van der Waals surface area contributed by atoms with Gasteiger partial charge in [0.2, 0.25) is 5.91 Å². The highest BCUT2D eigenvalue weighted by molar-refractivity contribution is 5.79. The Morgan fingerprint density at radius 1 is 1.47 bits per heavy atom. The molecule has 0 aromatic heterocycles. The maximum absolute atomic E-state index is 12.0. The summed E-state index contributed by atoms with van der Waals surface area (Å²) in [5, 5.41) is 9.19. The molecular weight excluding hydrogens is 242 g/mol. The van der Waals surface area contributed by atoms with E-state index in [0.717, 1.165) is 11.3 Å². The van der Waals surface area contributed by atoms with Gasteiger partial charge in [0.15, 0.2) is 0 Å². The van der Waals surface area contributed by atoms with Crippen molar-refractivity contribution in [3.05, 3.63) is 29.8 Å². The van der Waals surface area contributed by atoms with Gasteiger partial charge in [0, 0.05) is 31.1 Å². The number of nitrogens with zero attached hydrogens (tertiary/aromatic N) is 1. The second-order valence-corrected chi connectivity index (χ2v) is 4.95. The molecule has 4 nitrogen and oxygen atoms in total. The van der Waals surface area contributed by atoms with E-state index in [1.165, 1.54) is 0 Å². The van der Waals surface area contributed by atoms with Crippen LogP contribution in [0.4, 0.5) is 0 Å². The standard InChI is InChI=1S/C15H21NO3/c1-3-19-14-7-5-4-6-13(14)11(2)16-9-12(10-17)8-15(16)18/h4-7,11-12,17H,3,8-10H2,1-2H3. The highest BCUT2D eigenvalue weighted by Crippen LogP contribution is 2.33. The Kier molecular flexibility index (Phi) is 4.43. The molecule has 19 heavy (non-hydrogen) atoms. The molecule has 0 aliphatic carbocycles. The quantitative estimate of drug-likeness (QED) is 0.883. The Balaban J connectivity index is 2.20. The largest absolute Gasteiger partial charge is 0.494 e. The first-order valence-electron chi connectivity index (χ1n) is 6.79. The molecule has 0 radical (unpaired) electrons. The van der Waals surface area contributed by atoms with Crippen LogP contribution in [0.5, 0.6) is 5.75 Å². The average molecular weight is 263 g/mol. The summed E-state index contributed by atoms with van der Waals surface area (Å²) in [4.78, 5) is 13.8. The number of carbonyl (C=O) groups is 1.